The minimum absolute atomic E-state index is 0.0191. The van der Waals surface area contributed by atoms with Crippen molar-refractivity contribution in [1.29, 1.82) is 0 Å². The van der Waals surface area contributed by atoms with Crippen molar-refractivity contribution in [2.45, 2.75) is 24.7 Å². The monoisotopic (exact) mass is 277 g/mol. The van der Waals surface area contributed by atoms with Crippen molar-refractivity contribution in [2.24, 2.45) is 5.41 Å². The topological polar surface area (TPSA) is 56.5 Å². The van der Waals surface area contributed by atoms with Gasteiger partial charge in [-0.25, -0.2) is 9.97 Å². The van der Waals surface area contributed by atoms with Crippen LogP contribution in [-0.4, -0.2) is 27.4 Å². The number of ether oxygens (including phenoxy) is 1. The second kappa shape index (κ2) is 3.28. The Bertz CT molecular complexity index is 689. The maximum atomic E-state index is 11.7. The number of carbonyl (C=O) groups is 1. The largest absolute Gasteiger partial charge is 0.469 e. The van der Waals surface area contributed by atoms with Crippen LogP contribution < -0.4 is 0 Å². The van der Waals surface area contributed by atoms with Crippen LogP contribution in [0.25, 0.3) is 5.52 Å². The summed E-state index contributed by atoms with van der Waals surface area (Å²) in [6.07, 6.45) is 7.76. The molecule has 0 atom stereocenters. The Morgan fingerprint density at radius 3 is 2.84 bits per heavy atom. The molecule has 2 aromatic rings. The molecular formula is C13H12ClN3O2. The number of rotatable bonds is 2. The highest BCUT2D eigenvalue weighted by atomic mass is 35.5. The molecule has 6 heteroatoms. The van der Waals surface area contributed by atoms with E-state index in [4.69, 9.17) is 16.3 Å². The van der Waals surface area contributed by atoms with Crippen LogP contribution in [0.15, 0.2) is 18.6 Å². The number of hydrogen-bond acceptors (Lipinski definition) is 4. The summed E-state index contributed by atoms with van der Waals surface area (Å²) in [4.78, 5) is 20.2. The van der Waals surface area contributed by atoms with Crippen molar-refractivity contribution in [2.75, 3.05) is 7.11 Å². The first kappa shape index (κ1) is 11.2. The Kier molecular flexibility index (Phi) is 1.94. The van der Waals surface area contributed by atoms with E-state index in [0.717, 1.165) is 30.6 Å². The van der Waals surface area contributed by atoms with Crippen LogP contribution in [-0.2, 0) is 14.9 Å². The minimum Gasteiger partial charge on any atom is -0.469 e. The molecule has 3 aliphatic rings. The summed E-state index contributed by atoms with van der Waals surface area (Å²) in [5.74, 6) is 0.896. The highest BCUT2D eigenvalue weighted by Gasteiger charge is 2.74. The van der Waals surface area contributed by atoms with Gasteiger partial charge in [-0.2, -0.15) is 0 Å². The van der Waals surface area contributed by atoms with Crippen LogP contribution in [0.4, 0.5) is 0 Å². The average Bonchev–Trinajstić information content (AvgIpc) is 2.71. The first-order valence-electron chi connectivity index (χ1n) is 6.17. The molecule has 3 aliphatic carbocycles. The second-order valence-corrected chi connectivity index (χ2v) is 6.00. The van der Waals surface area contributed by atoms with E-state index in [1.54, 1.807) is 12.4 Å². The van der Waals surface area contributed by atoms with Gasteiger partial charge in [-0.3, -0.25) is 9.20 Å². The molecule has 2 heterocycles. The van der Waals surface area contributed by atoms with Crippen molar-refractivity contribution in [3.8, 4) is 0 Å². The fourth-order valence-corrected chi connectivity index (χ4v) is 3.94. The number of carbonyl (C=O) groups excluding carboxylic acids is 1. The highest BCUT2D eigenvalue weighted by molar-refractivity contribution is 6.32. The van der Waals surface area contributed by atoms with Crippen LogP contribution in [0, 0.1) is 5.41 Å². The van der Waals surface area contributed by atoms with Crippen LogP contribution >= 0.6 is 11.6 Å². The summed E-state index contributed by atoms with van der Waals surface area (Å²) < 4.78 is 6.85. The zero-order chi connectivity index (χ0) is 13.3. The summed E-state index contributed by atoms with van der Waals surface area (Å²) in [5, 5.41) is 0.454. The molecule has 2 aromatic heterocycles. The van der Waals surface area contributed by atoms with Gasteiger partial charge >= 0.3 is 5.97 Å². The number of fused-ring (bicyclic) bond motifs is 1. The average molecular weight is 278 g/mol. The summed E-state index contributed by atoms with van der Waals surface area (Å²) >= 11 is 6.05. The summed E-state index contributed by atoms with van der Waals surface area (Å²) in [5.41, 5.74) is 0.582. The van der Waals surface area contributed by atoms with Crippen molar-refractivity contribution >= 4 is 23.1 Å². The number of aromatic nitrogens is 3. The van der Waals surface area contributed by atoms with Crippen LogP contribution in [0.1, 0.15) is 25.1 Å². The standard InChI is InChI=1S/C13H12ClN3O2/c1-19-11(18)13-5-12(6-13,7-13)10-16-4-8-9(14)15-2-3-17(8)10/h2-4H,5-7H2,1H3. The number of imidazole rings is 1. The Hall–Kier alpha value is -1.62. The lowest BCUT2D eigenvalue weighted by molar-refractivity contribution is -0.199. The van der Waals surface area contributed by atoms with Gasteiger partial charge in [0, 0.05) is 17.8 Å². The lowest BCUT2D eigenvalue weighted by atomic mass is 9.35. The fourth-order valence-electron chi connectivity index (χ4n) is 3.75. The van der Waals surface area contributed by atoms with E-state index < -0.39 is 0 Å². The van der Waals surface area contributed by atoms with Gasteiger partial charge in [-0.05, 0) is 19.3 Å². The Morgan fingerprint density at radius 1 is 1.42 bits per heavy atom. The van der Waals surface area contributed by atoms with E-state index >= 15 is 0 Å². The molecule has 0 N–H and O–H groups in total. The number of hydrogen-bond donors (Lipinski definition) is 0. The highest BCUT2D eigenvalue weighted by Crippen LogP contribution is 2.73. The van der Waals surface area contributed by atoms with E-state index in [1.807, 2.05) is 10.6 Å². The third-order valence-corrected chi connectivity index (χ3v) is 4.83. The van der Waals surface area contributed by atoms with Gasteiger partial charge in [0.05, 0.1) is 18.7 Å². The molecule has 19 heavy (non-hydrogen) atoms. The zero-order valence-corrected chi connectivity index (χ0v) is 11.1. The predicted molar refractivity (Wildman–Crippen MR) is 68.0 cm³/mol. The lowest BCUT2D eigenvalue weighted by Crippen LogP contribution is -2.68. The molecule has 0 saturated heterocycles. The predicted octanol–water partition coefficient (Wildman–Crippen LogP) is 1.98. The van der Waals surface area contributed by atoms with Crippen molar-refractivity contribution < 1.29 is 9.53 Å². The smallest absolute Gasteiger partial charge is 0.311 e. The third-order valence-electron chi connectivity index (χ3n) is 4.53. The third kappa shape index (κ3) is 1.19. The molecule has 0 amide bonds. The van der Waals surface area contributed by atoms with Crippen molar-refractivity contribution in [3.63, 3.8) is 0 Å². The number of methoxy groups -OCH3 is 1. The van der Waals surface area contributed by atoms with Gasteiger partial charge in [-0.1, -0.05) is 11.6 Å². The molecular weight excluding hydrogens is 266 g/mol. The second-order valence-electron chi connectivity index (χ2n) is 5.64. The molecule has 5 rings (SSSR count). The molecule has 0 unspecified atom stereocenters. The molecule has 3 saturated carbocycles. The molecule has 98 valence electrons. The molecule has 0 spiro atoms. The lowest BCUT2D eigenvalue weighted by Gasteiger charge is -2.67. The van der Waals surface area contributed by atoms with Crippen molar-refractivity contribution in [3.05, 3.63) is 29.6 Å². The first-order chi connectivity index (χ1) is 9.10. The van der Waals surface area contributed by atoms with Gasteiger partial charge in [-0.15, -0.1) is 0 Å². The summed E-state index contributed by atoms with van der Waals surface area (Å²) in [6, 6.07) is 0. The van der Waals surface area contributed by atoms with Gasteiger partial charge < -0.3 is 4.74 Å². The normalized spacial score (nSPS) is 31.7. The Balaban J connectivity index is 1.72. The number of nitrogens with zero attached hydrogens (tertiary/aromatic N) is 3. The quantitative estimate of drug-likeness (QED) is 0.788. The van der Waals surface area contributed by atoms with Crippen LogP contribution in [0.2, 0.25) is 5.15 Å². The van der Waals surface area contributed by atoms with Crippen LogP contribution in [0.5, 0.6) is 0 Å². The van der Waals surface area contributed by atoms with E-state index in [-0.39, 0.29) is 16.8 Å². The van der Waals surface area contributed by atoms with Gasteiger partial charge in [0.1, 0.15) is 11.3 Å². The van der Waals surface area contributed by atoms with Gasteiger partial charge in [0.25, 0.3) is 0 Å². The molecule has 0 aliphatic heterocycles. The molecule has 0 aromatic carbocycles. The molecule has 5 nitrogen and oxygen atoms in total. The molecule has 0 radical (unpaired) electrons. The zero-order valence-electron chi connectivity index (χ0n) is 10.4. The number of esters is 1. The van der Waals surface area contributed by atoms with E-state index in [2.05, 4.69) is 9.97 Å². The Labute approximate surface area is 114 Å². The SMILES string of the molecule is COC(=O)C12CC(c3ncc4c(Cl)nccn34)(C1)C2. The van der Waals surface area contributed by atoms with Crippen LogP contribution in [0.3, 0.4) is 0 Å². The summed E-state index contributed by atoms with van der Waals surface area (Å²) in [6.45, 7) is 0. The summed E-state index contributed by atoms with van der Waals surface area (Å²) in [7, 11) is 1.45. The maximum Gasteiger partial charge on any atom is 0.311 e. The minimum atomic E-state index is -0.253. The molecule has 2 bridgehead atoms. The Morgan fingerprint density at radius 2 is 2.16 bits per heavy atom. The fraction of sp³-hybridized carbons (Fsp3) is 0.462. The van der Waals surface area contributed by atoms with Gasteiger partial charge in [0.15, 0.2) is 5.15 Å². The number of halogens is 1. The first-order valence-corrected chi connectivity index (χ1v) is 6.55. The molecule has 3 fully saturated rings. The maximum absolute atomic E-state index is 11.7. The van der Waals surface area contributed by atoms with E-state index in [0.29, 0.717) is 5.15 Å². The van der Waals surface area contributed by atoms with E-state index in [9.17, 15) is 4.79 Å². The van der Waals surface area contributed by atoms with Crippen molar-refractivity contribution in [1.82, 2.24) is 14.4 Å². The van der Waals surface area contributed by atoms with Gasteiger partial charge in [0.2, 0.25) is 0 Å². The van der Waals surface area contributed by atoms with E-state index in [1.165, 1.54) is 7.11 Å².